The smallest absolute Gasteiger partial charge is 0.224 e. The molecule has 0 unspecified atom stereocenters. The maximum absolute atomic E-state index is 12.4. The second kappa shape index (κ2) is 6.70. The molecule has 126 valence electrons. The zero-order valence-electron chi connectivity index (χ0n) is 13.6. The summed E-state index contributed by atoms with van der Waals surface area (Å²) < 4.78 is 5.18. The molecule has 1 atom stereocenters. The maximum Gasteiger partial charge on any atom is 0.224 e. The summed E-state index contributed by atoms with van der Waals surface area (Å²) in [5, 5.41) is 4.02. The minimum atomic E-state index is -0.315. The quantitative estimate of drug-likeness (QED) is 0.877. The number of carbonyl (C=O) groups is 2. The third-order valence-electron chi connectivity index (χ3n) is 4.70. The Labute approximate surface area is 135 Å². The minimum Gasteiger partial charge on any atom is -0.361 e. The summed E-state index contributed by atoms with van der Waals surface area (Å²) in [4.78, 5) is 27.8. The van der Waals surface area contributed by atoms with Crippen molar-refractivity contribution in [3.63, 3.8) is 0 Å². The lowest BCUT2D eigenvalue weighted by molar-refractivity contribution is -0.136. The molecular weight excluding hydrogens is 296 g/mol. The zero-order chi connectivity index (χ0) is 16.4. The van der Waals surface area contributed by atoms with Gasteiger partial charge in [0.2, 0.25) is 11.8 Å². The third kappa shape index (κ3) is 3.55. The molecule has 0 radical (unpaired) electrons. The standard InChI is InChI=1S/C16H24N4O3/c1-11-13-5-7-20(10-14(13)18-23-11)16(22)8-12(17)9-19-6-3-2-4-15(19)21/h12H,2-10,17H2,1H3/t12-/m0/s1. The number of amides is 2. The highest BCUT2D eigenvalue weighted by atomic mass is 16.5. The summed E-state index contributed by atoms with van der Waals surface area (Å²) in [7, 11) is 0. The third-order valence-corrected chi connectivity index (χ3v) is 4.70. The second-order valence-corrected chi connectivity index (χ2v) is 6.49. The summed E-state index contributed by atoms with van der Waals surface area (Å²) in [6, 6.07) is -0.315. The van der Waals surface area contributed by atoms with E-state index in [1.54, 1.807) is 9.80 Å². The Bertz CT molecular complexity index is 598. The molecule has 0 aromatic carbocycles. The highest BCUT2D eigenvalue weighted by molar-refractivity contribution is 5.78. The van der Waals surface area contributed by atoms with Crippen LogP contribution in [0.2, 0.25) is 0 Å². The first-order chi connectivity index (χ1) is 11.0. The summed E-state index contributed by atoms with van der Waals surface area (Å²) in [6.07, 6.45) is 3.61. The van der Waals surface area contributed by atoms with Crippen LogP contribution in [0.25, 0.3) is 0 Å². The normalized spacial score (nSPS) is 19.7. The summed E-state index contributed by atoms with van der Waals surface area (Å²) in [6.45, 7) is 4.28. The van der Waals surface area contributed by atoms with Crippen LogP contribution in [0.3, 0.4) is 0 Å². The largest absolute Gasteiger partial charge is 0.361 e. The molecule has 1 fully saturated rings. The van der Waals surface area contributed by atoms with Gasteiger partial charge >= 0.3 is 0 Å². The topological polar surface area (TPSA) is 92.7 Å². The van der Waals surface area contributed by atoms with E-state index in [4.69, 9.17) is 10.3 Å². The highest BCUT2D eigenvalue weighted by Gasteiger charge is 2.27. The molecule has 2 amide bonds. The van der Waals surface area contributed by atoms with E-state index < -0.39 is 0 Å². The lowest BCUT2D eigenvalue weighted by Crippen LogP contribution is -2.46. The van der Waals surface area contributed by atoms with E-state index in [-0.39, 0.29) is 24.3 Å². The highest BCUT2D eigenvalue weighted by Crippen LogP contribution is 2.22. The van der Waals surface area contributed by atoms with Crippen molar-refractivity contribution in [1.82, 2.24) is 15.0 Å². The van der Waals surface area contributed by atoms with Crippen LogP contribution >= 0.6 is 0 Å². The Hall–Kier alpha value is -1.89. The molecule has 2 aliphatic rings. The summed E-state index contributed by atoms with van der Waals surface area (Å²) in [5.41, 5.74) is 8.07. The van der Waals surface area contributed by atoms with Gasteiger partial charge in [0.1, 0.15) is 11.5 Å². The molecule has 3 heterocycles. The van der Waals surface area contributed by atoms with Crippen LogP contribution in [0.5, 0.6) is 0 Å². The van der Waals surface area contributed by atoms with Gasteiger partial charge in [0.25, 0.3) is 0 Å². The molecule has 3 rings (SSSR count). The second-order valence-electron chi connectivity index (χ2n) is 6.49. The first-order valence-electron chi connectivity index (χ1n) is 8.29. The van der Waals surface area contributed by atoms with Gasteiger partial charge in [-0.1, -0.05) is 5.16 Å². The summed E-state index contributed by atoms with van der Waals surface area (Å²) in [5.74, 6) is 1.01. The molecule has 0 spiro atoms. The zero-order valence-corrected chi connectivity index (χ0v) is 13.6. The van der Waals surface area contributed by atoms with Gasteiger partial charge in [0.05, 0.1) is 6.54 Å². The molecule has 2 N–H and O–H groups in total. The van der Waals surface area contributed by atoms with Gasteiger partial charge in [0.15, 0.2) is 0 Å². The van der Waals surface area contributed by atoms with Crippen molar-refractivity contribution >= 4 is 11.8 Å². The van der Waals surface area contributed by atoms with E-state index in [1.807, 2.05) is 6.92 Å². The van der Waals surface area contributed by atoms with Crippen LogP contribution in [0.1, 0.15) is 42.7 Å². The number of rotatable bonds is 4. The number of fused-ring (bicyclic) bond motifs is 1. The molecule has 1 aromatic rings. The first-order valence-corrected chi connectivity index (χ1v) is 8.29. The number of nitrogens with zero attached hydrogens (tertiary/aromatic N) is 3. The first kappa shape index (κ1) is 16.0. The van der Waals surface area contributed by atoms with E-state index in [1.165, 1.54) is 0 Å². The number of aromatic nitrogens is 1. The van der Waals surface area contributed by atoms with E-state index in [9.17, 15) is 9.59 Å². The fourth-order valence-electron chi connectivity index (χ4n) is 3.36. The molecule has 7 heteroatoms. The van der Waals surface area contributed by atoms with Crippen molar-refractivity contribution in [2.24, 2.45) is 5.73 Å². The lowest BCUT2D eigenvalue weighted by Gasteiger charge is -2.31. The number of likely N-dealkylation sites (tertiary alicyclic amines) is 1. The van der Waals surface area contributed by atoms with Crippen molar-refractivity contribution in [2.45, 2.75) is 51.6 Å². The van der Waals surface area contributed by atoms with Gasteiger partial charge in [-0.2, -0.15) is 0 Å². The Morgan fingerprint density at radius 1 is 1.35 bits per heavy atom. The Kier molecular flexibility index (Phi) is 4.66. The van der Waals surface area contributed by atoms with Crippen LogP contribution in [0.4, 0.5) is 0 Å². The van der Waals surface area contributed by atoms with Crippen molar-refractivity contribution in [2.75, 3.05) is 19.6 Å². The fourth-order valence-corrected chi connectivity index (χ4v) is 3.36. The van der Waals surface area contributed by atoms with E-state index in [2.05, 4.69) is 5.16 Å². The van der Waals surface area contributed by atoms with E-state index in [0.29, 0.717) is 26.1 Å². The Morgan fingerprint density at radius 2 is 2.17 bits per heavy atom. The minimum absolute atomic E-state index is 0.0215. The number of carbonyl (C=O) groups excluding carboxylic acids is 2. The van der Waals surface area contributed by atoms with Gasteiger partial charge in [0, 0.05) is 44.1 Å². The lowest BCUT2D eigenvalue weighted by atomic mass is 10.0. The fraction of sp³-hybridized carbons (Fsp3) is 0.688. The van der Waals surface area contributed by atoms with E-state index in [0.717, 1.165) is 42.8 Å². The molecule has 23 heavy (non-hydrogen) atoms. The SMILES string of the molecule is Cc1onc2c1CCN(C(=O)C[C@H](N)CN1CCCCC1=O)C2. The average Bonchev–Trinajstić information content (AvgIpc) is 2.90. The number of hydrogen-bond acceptors (Lipinski definition) is 5. The van der Waals surface area contributed by atoms with Gasteiger partial charge in [-0.05, 0) is 26.2 Å². The Balaban J connectivity index is 1.52. The molecule has 7 nitrogen and oxygen atoms in total. The number of piperidine rings is 1. The van der Waals surface area contributed by atoms with Crippen LogP contribution in [0, 0.1) is 6.92 Å². The molecule has 1 saturated heterocycles. The van der Waals surface area contributed by atoms with Gasteiger partial charge in [-0.25, -0.2) is 0 Å². The average molecular weight is 320 g/mol. The number of aryl methyl sites for hydroxylation is 1. The van der Waals surface area contributed by atoms with Gasteiger partial charge in [-0.3, -0.25) is 9.59 Å². The van der Waals surface area contributed by atoms with Crippen molar-refractivity contribution in [3.05, 3.63) is 17.0 Å². The van der Waals surface area contributed by atoms with Crippen molar-refractivity contribution < 1.29 is 14.1 Å². The molecular formula is C16H24N4O3. The number of hydrogen-bond donors (Lipinski definition) is 1. The van der Waals surface area contributed by atoms with Crippen molar-refractivity contribution in [3.8, 4) is 0 Å². The molecule has 1 aromatic heterocycles. The van der Waals surface area contributed by atoms with Crippen LogP contribution < -0.4 is 5.73 Å². The molecule has 0 bridgehead atoms. The van der Waals surface area contributed by atoms with Crippen LogP contribution in [-0.4, -0.2) is 52.4 Å². The summed E-state index contributed by atoms with van der Waals surface area (Å²) >= 11 is 0. The van der Waals surface area contributed by atoms with Gasteiger partial charge < -0.3 is 20.1 Å². The Morgan fingerprint density at radius 3 is 2.96 bits per heavy atom. The van der Waals surface area contributed by atoms with Crippen molar-refractivity contribution in [1.29, 1.82) is 0 Å². The van der Waals surface area contributed by atoms with E-state index >= 15 is 0 Å². The maximum atomic E-state index is 12.4. The molecule has 2 aliphatic heterocycles. The predicted octanol–water partition coefficient (Wildman–Crippen LogP) is 0.598. The predicted molar refractivity (Wildman–Crippen MR) is 83.4 cm³/mol. The number of nitrogens with two attached hydrogens (primary N) is 1. The van der Waals surface area contributed by atoms with Gasteiger partial charge in [-0.15, -0.1) is 0 Å². The molecule has 0 aliphatic carbocycles. The van der Waals surface area contributed by atoms with Crippen LogP contribution in [0.15, 0.2) is 4.52 Å². The van der Waals surface area contributed by atoms with Crippen LogP contribution in [-0.2, 0) is 22.6 Å². The molecule has 0 saturated carbocycles. The monoisotopic (exact) mass is 320 g/mol.